The Morgan fingerprint density at radius 1 is 1.00 bits per heavy atom. The van der Waals surface area contributed by atoms with Gasteiger partial charge in [-0.25, -0.2) is 0 Å². The third kappa shape index (κ3) is 3.57. The second-order valence-corrected chi connectivity index (χ2v) is 9.02. The summed E-state index contributed by atoms with van der Waals surface area (Å²) in [4.78, 5) is 2.67. The van der Waals surface area contributed by atoms with E-state index in [1.54, 1.807) is 0 Å². The molecule has 0 spiro atoms. The van der Waals surface area contributed by atoms with Crippen LogP contribution in [0.25, 0.3) is 5.65 Å². The maximum Gasteiger partial charge on any atom is 0.177 e. The number of piperidine rings is 1. The fraction of sp³-hybridized carbons (Fsp3) is 0.750. The van der Waals surface area contributed by atoms with Crippen LogP contribution >= 0.6 is 0 Å². The van der Waals surface area contributed by atoms with Crippen LogP contribution in [0.4, 0.5) is 0 Å². The minimum Gasteiger partial charge on any atom is -0.303 e. The van der Waals surface area contributed by atoms with Crippen LogP contribution in [0.1, 0.15) is 76.7 Å². The second kappa shape index (κ2) is 6.67. The van der Waals surface area contributed by atoms with E-state index in [0.717, 1.165) is 23.1 Å². The summed E-state index contributed by atoms with van der Waals surface area (Å²) in [6.45, 7) is 10.3. The summed E-state index contributed by atoms with van der Waals surface area (Å²) in [7, 11) is 0. The van der Waals surface area contributed by atoms with Crippen LogP contribution in [0, 0.1) is 5.92 Å². The lowest BCUT2D eigenvalue weighted by Gasteiger charge is -2.32. The summed E-state index contributed by atoms with van der Waals surface area (Å²) in [5, 5.41) is 13.7. The Kier molecular flexibility index (Phi) is 4.52. The monoisotopic (exact) mass is 341 g/mol. The van der Waals surface area contributed by atoms with Gasteiger partial charge in [0.05, 0.1) is 5.69 Å². The molecule has 0 unspecified atom stereocenters. The molecule has 0 atom stereocenters. The molecule has 25 heavy (non-hydrogen) atoms. The van der Waals surface area contributed by atoms with E-state index in [1.807, 2.05) is 4.52 Å². The van der Waals surface area contributed by atoms with E-state index in [0.29, 0.717) is 5.92 Å². The zero-order valence-electron chi connectivity index (χ0n) is 15.9. The normalized spacial score (nSPS) is 21.4. The van der Waals surface area contributed by atoms with Gasteiger partial charge in [0.2, 0.25) is 0 Å². The molecular formula is C20H31N5. The van der Waals surface area contributed by atoms with Gasteiger partial charge in [-0.05, 0) is 56.8 Å². The lowest BCUT2D eigenvalue weighted by Crippen LogP contribution is -2.36. The predicted octanol–water partition coefficient (Wildman–Crippen LogP) is 3.79. The number of likely N-dealkylation sites (tertiary alicyclic amines) is 1. The van der Waals surface area contributed by atoms with Crippen LogP contribution in [0.15, 0.2) is 12.1 Å². The molecule has 2 aromatic rings. The summed E-state index contributed by atoms with van der Waals surface area (Å²) in [5.41, 5.74) is 2.01. The van der Waals surface area contributed by atoms with Crippen molar-refractivity contribution in [2.24, 2.45) is 5.92 Å². The van der Waals surface area contributed by atoms with Crippen molar-refractivity contribution in [1.82, 2.24) is 24.7 Å². The molecule has 0 bridgehead atoms. The van der Waals surface area contributed by atoms with Crippen molar-refractivity contribution in [2.45, 2.75) is 70.6 Å². The smallest absolute Gasteiger partial charge is 0.177 e. The average Bonchev–Trinajstić information content (AvgIpc) is 3.23. The molecule has 3 heterocycles. The highest BCUT2D eigenvalue weighted by Crippen LogP contribution is 2.30. The Morgan fingerprint density at radius 3 is 2.40 bits per heavy atom. The Hall–Kier alpha value is -1.49. The van der Waals surface area contributed by atoms with Crippen LogP contribution in [0.2, 0.25) is 0 Å². The first-order valence-electron chi connectivity index (χ1n) is 9.96. The summed E-state index contributed by atoms with van der Waals surface area (Å²) >= 11 is 0. The van der Waals surface area contributed by atoms with E-state index in [9.17, 15) is 0 Å². The quantitative estimate of drug-likeness (QED) is 0.852. The second-order valence-electron chi connectivity index (χ2n) is 9.02. The van der Waals surface area contributed by atoms with Crippen LogP contribution in [-0.2, 0) is 5.41 Å². The molecular weight excluding hydrogens is 310 g/mol. The van der Waals surface area contributed by atoms with Gasteiger partial charge in [-0.3, -0.25) is 0 Å². The Labute approximate surface area is 150 Å². The van der Waals surface area contributed by atoms with Crippen molar-refractivity contribution in [3.8, 4) is 0 Å². The van der Waals surface area contributed by atoms with Gasteiger partial charge in [-0.1, -0.05) is 33.6 Å². The fourth-order valence-corrected chi connectivity index (χ4v) is 4.39. The molecule has 5 heteroatoms. The van der Waals surface area contributed by atoms with Crippen molar-refractivity contribution in [3.63, 3.8) is 0 Å². The van der Waals surface area contributed by atoms with Gasteiger partial charge in [0.25, 0.3) is 0 Å². The fourth-order valence-electron chi connectivity index (χ4n) is 4.39. The average molecular weight is 342 g/mol. The molecule has 1 aliphatic heterocycles. The topological polar surface area (TPSA) is 46.3 Å². The summed E-state index contributed by atoms with van der Waals surface area (Å²) in [6, 6.07) is 4.14. The molecule has 1 saturated carbocycles. The van der Waals surface area contributed by atoms with E-state index in [1.165, 1.54) is 58.2 Å². The van der Waals surface area contributed by atoms with Crippen molar-refractivity contribution in [2.75, 3.05) is 19.6 Å². The van der Waals surface area contributed by atoms with Gasteiger partial charge in [-0.2, -0.15) is 9.61 Å². The van der Waals surface area contributed by atoms with E-state index < -0.39 is 0 Å². The summed E-state index contributed by atoms with van der Waals surface area (Å²) in [5.74, 6) is 2.49. The predicted molar refractivity (Wildman–Crippen MR) is 99.9 cm³/mol. The molecule has 2 aromatic heterocycles. The number of hydrogen-bond acceptors (Lipinski definition) is 4. The van der Waals surface area contributed by atoms with Crippen molar-refractivity contribution in [3.05, 3.63) is 23.7 Å². The van der Waals surface area contributed by atoms with Crippen LogP contribution in [0.5, 0.6) is 0 Å². The lowest BCUT2D eigenvalue weighted by molar-refractivity contribution is 0.180. The molecule has 1 aliphatic carbocycles. The van der Waals surface area contributed by atoms with Gasteiger partial charge >= 0.3 is 0 Å². The first kappa shape index (κ1) is 17.0. The van der Waals surface area contributed by atoms with E-state index in [-0.39, 0.29) is 5.41 Å². The van der Waals surface area contributed by atoms with Gasteiger partial charge in [0.1, 0.15) is 0 Å². The maximum absolute atomic E-state index is 4.86. The Bertz CT molecular complexity index is 715. The van der Waals surface area contributed by atoms with Crippen molar-refractivity contribution in [1.29, 1.82) is 0 Å². The number of aromatic nitrogens is 4. The molecule has 4 rings (SSSR count). The van der Waals surface area contributed by atoms with Crippen LogP contribution in [0.3, 0.4) is 0 Å². The zero-order valence-corrected chi connectivity index (χ0v) is 15.9. The third-order valence-corrected chi connectivity index (χ3v) is 6.00. The molecule has 2 aliphatic rings. The van der Waals surface area contributed by atoms with E-state index in [2.05, 4.69) is 48.0 Å². The zero-order chi connectivity index (χ0) is 17.4. The van der Waals surface area contributed by atoms with Gasteiger partial charge in [0, 0.05) is 17.9 Å². The maximum atomic E-state index is 4.86. The number of hydrogen-bond donors (Lipinski definition) is 0. The Balaban J connectivity index is 1.47. The highest BCUT2D eigenvalue weighted by Gasteiger charge is 2.27. The molecule has 136 valence electrons. The molecule has 0 amide bonds. The minimum absolute atomic E-state index is 0.0420. The largest absolute Gasteiger partial charge is 0.303 e. The Morgan fingerprint density at radius 2 is 1.72 bits per heavy atom. The molecule has 0 N–H and O–H groups in total. The van der Waals surface area contributed by atoms with Gasteiger partial charge < -0.3 is 4.90 Å². The van der Waals surface area contributed by atoms with E-state index >= 15 is 0 Å². The first-order chi connectivity index (χ1) is 12.0. The van der Waals surface area contributed by atoms with Crippen molar-refractivity contribution < 1.29 is 0 Å². The highest BCUT2D eigenvalue weighted by molar-refractivity contribution is 5.37. The third-order valence-electron chi connectivity index (χ3n) is 6.00. The number of fused-ring (bicyclic) bond motifs is 1. The highest BCUT2D eigenvalue weighted by atomic mass is 15.4. The SMILES string of the molecule is CC(C)(C)c1ccc2nnc(C3CCN(CC4CCCC4)CC3)n2n1. The molecule has 5 nitrogen and oxygen atoms in total. The summed E-state index contributed by atoms with van der Waals surface area (Å²) in [6.07, 6.45) is 8.11. The number of rotatable bonds is 3. The molecule has 1 saturated heterocycles. The van der Waals surface area contributed by atoms with Crippen LogP contribution in [-0.4, -0.2) is 44.3 Å². The first-order valence-corrected chi connectivity index (χ1v) is 9.96. The van der Waals surface area contributed by atoms with Crippen molar-refractivity contribution >= 4 is 5.65 Å². The molecule has 0 radical (unpaired) electrons. The van der Waals surface area contributed by atoms with Gasteiger partial charge in [0.15, 0.2) is 11.5 Å². The summed E-state index contributed by atoms with van der Waals surface area (Å²) < 4.78 is 2.00. The molecule has 0 aromatic carbocycles. The lowest BCUT2D eigenvalue weighted by atomic mass is 9.92. The molecule has 2 fully saturated rings. The van der Waals surface area contributed by atoms with E-state index in [4.69, 9.17) is 5.10 Å². The number of nitrogens with zero attached hydrogens (tertiary/aromatic N) is 5. The van der Waals surface area contributed by atoms with Gasteiger partial charge in [-0.15, -0.1) is 10.2 Å². The van der Waals surface area contributed by atoms with Crippen LogP contribution < -0.4 is 0 Å². The minimum atomic E-state index is 0.0420. The standard InChI is InChI=1S/C20H31N5/c1-20(2,3)17-8-9-18-21-22-19(25(18)23-17)16-10-12-24(13-11-16)14-15-6-4-5-7-15/h8-9,15-16H,4-7,10-14H2,1-3H3.